The summed E-state index contributed by atoms with van der Waals surface area (Å²) < 4.78 is 22.9. The summed E-state index contributed by atoms with van der Waals surface area (Å²) in [6, 6.07) is 6.38. The summed E-state index contributed by atoms with van der Waals surface area (Å²) in [5.41, 5.74) is 5.60. The van der Waals surface area contributed by atoms with Crippen molar-refractivity contribution < 1.29 is 13.2 Å². The van der Waals surface area contributed by atoms with E-state index in [0.717, 1.165) is 6.26 Å². The Morgan fingerprint density at radius 2 is 1.87 bits per heavy atom. The SMILES string of the molecule is CC(C(N)=O)c1ccccc1S(C)(=O)=O. The smallest absolute Gasteiger partial charge is 0.224 e. The van der Waals surface area contributed by atoms with Gasteiger partial charge in [-0.05, 0) is 18.6 Å². The van der Waals surface area contributed by atoms with Crippen LogP contribution in [0.15, 0.2) is 29.2 Å². The highest BCUT2D eigenvalue weighted by molar-refractivity contribution is 7.90. The molecule has 82 valence electrons. The van der Waals surface area contributed by atoms with E-state index in [2.05, 4.69) is 0 Å². The molecule has 1 aromatic rings. The highest BCUT2D eigenvalue weighted by atomic mass is 32.2. The summed E-state index contributed by atoms with van der Waals surface area (Å²) in [6.45, 7) is 1.59. The first-order valence-electron chi connectivity index (χ1n) is 4.42. The molecule has 0 bridgehead atoms. The lowest BCUT2D eigenvalue weighted by Crippen LogP contribution is -2.20. The summed E-state index contributed by atoms with van der Waals surface area (Å²) >= 11 is 0. The Hall–Kier alpha value is -1.36. The quantitative estimate of drug-likeness (QED) is 0.824. The molecule has 0 spiro atoms. The molecule has 0 radical (unpaired) electrons. The maximum Gasteiger partial charge on any atom is 0.224 e. The van der Waals surface area contributed by atoms with Crippen LogP contribution in [0, 0.1) is 0 Å². The molecule has 0 aliphatic heterocycles. The fourth-order valence-electron chi connectivity index (χ4n) is 1.33. The molecule has 0 heterocycles. The Bertz CT molecular complexity index is 479. The topological polar surface area (TPSA) is 77.2 Å². The van der Waals surface area contributed by atoms with Crippen molar-refractivity contribution in [2.75, 3.05) is 6.26 Å². The number of hydrogen-bond acceptors (Lipinski definition) is 3. The summed E-state index contributed by atoms with van der Waals surface area (Å²) in [6.07, 6.45) is 1.11. The van der Waals surface area contributed by atoms with Gasteiger partial charge in [-0.2, -0.15) is 0 Å². The first kappa shape index (κ1) is 11.7. The summed E-state index contributed by atoms with van der Waals surface area (Å²) in [4.78, 5) is 11.2. The summed E-state index contributed by atoms with van der Waals surface area (Å²) in [7, 11) is -3.32. The van der Waals surface area contributed by atoms with Gasteiger partial charge in [-0.3, -0.25) is 4.79 Å². The predicted octanol–water partition coefficient (Wildman–Crippen LogP) is 0.679. The van der Waals surface area contributed by atoms with Crippen molar-refractivity contribution in [1.29, 1.82) is 0 Å². The van der Waals surface area contributed by atoms with Gasteiger partial charge in [0.15, 0.2) is 9.84 Å². The Morgan fingerprint density at radius 3 is 2.33 bits per heavy atom. The zero-order valence-corrected chi connectivity index (χ0v) is 9.41. The highest BCUT2D eigenvalue weighted by Crippen LogP contribution is 2.23. The molecule has 1 aromatic carbocycles. The number of carbonyl (C=O) groups excluding carboxylic acids is 1. The van der Waals surface area contributed by atoms with Crippen LogP contribution < -0.4 is 5.73 Å². The minimum atomic E-state index is -3.32. The minimum absolute atomic E-state index is 0.163. The van der Waals surface area contributed by atoms with Crippen LogP contribution in [-0.4, -0.2) is 20.6 Å². The van der Waals surface area contributed by atoms with Crippen molar-refractivity contribution in [2.45, 2.75) is 17.7 Å². The fourth-order valence-corrected chi connectivity index (χ4v) is 2.33. The fraction of sp³-hybridized carbons (Fsp3) is 0.300. The van der Waals surface area contributed by atoms with Gasteiger partial charge in [0.1, 0.15) is 0 Å². The van der Waals surface area contributed by atoms with E-state index in [9.17, 15) is 13.2 Å². The number of hydrogen-bond donors (Lipinski definition) is 1. The molecule has 1 unspecified atom stereocenters. The monoisotopic (exact) mass is 227 g/mol. The first-order chi connectivity index (χ1) is 6.84. The standard InChI is InChI=1S/C10H13NO3S/c1-7(10(11)12)8-5-3-4-6-9(8)15(2,13)14/h3-7H,1-2H3,(H2,11,12). The molecular formula is C10H13NO3S. The molecule has 1 amide bonds. The van der Waals surface area contributed by atoms with E-state index in [1.165, 1.54) is 6.07 Å². The van der Waals surface area contributed by atoms with Crippen LogP contribution in [0.4, 0.5) is 0 Å². The van der Waals surface area contributed by atoms with Crippen molar-refractivity contribution >= 4 is 15.7 Å². The molecule has 5 heteroatoms. The molecule has 0 saturated carbocycles. The van der Waals surface area contributed by atoms with E-state index in [-0.39, 0.29) is 4.90 Å². The lowest BCUT2D eigenvalue weighted by atomic mass is 10.0. The van der Waals surface area contributed by atoms with E-state index in [0.29, 0.717) is 5.56 Å². The lowest BCUT2D eigenvalue weighted by Gasteiger charge is -2.11. The second kappa shape index (κ2) is 4.02. The zero-order chi connectivity index (χ0) is 11.6. The summed E-state index contributed by atoms with van der Waals surface area (Å²) in [5, 5.41) is 0. The van der Waals surface area contributed by atoms with Crippen LogP contribution in [0.1, 0.15) is 18.4 Å². The molecule has 4 nitrogen and oxygen atoms in total. The van der Waals surface area contributed by atoms with Gasteiger partial charge >= 0.3 is 0 Å². The maximum atomic E-state index is 11.4. The second-order valence-corrected chi connectivity index (χ2v) is 5.42. The van der Waals surface area contributed by atoms with Crippen molar-refractivity contribution in [2.24, 2.45) is 5.73 Å². The average Bonchev–Trinajstić information content (AvgIpc) is 2.15. The van der Waals surface area contributed by atoms with E-state index < -0.39 is 21.7 Å². The number of primary amides is 1. The molecule has 2 N–H and O–H groups in total. The number of sulfone groups is 1. The molecule has 0 fully saturated rings. The van der Waals surface area contributed by atoms with Gasteiger partial charge in [-0.25, -0.2) is 8.42 Å². The molecular weight excluding hydrogens is 214 g/mol. The Balaban J connectivity index is 3.37. The van der Waals surface area contributed by atoms with E-state index in [4.69, 9.17) is 5.73 Å². The molecule has 1 rings (SSSR count). The molecule has 0 saturated heterocycles. The van der Waals surface area contributed by atoms with Gasteiger partial charge in [0.05, 0.1) is 10.8 Å². The first-order valence-corrected chi connectivity index (χ1v) is 6.31. The molecule has 0 aliphatic carbocycles. The normalized spacial score (nSPS) is 13.5. The largest absolute Gasteiger partial charge is 0.369 e. The van der Waals surface area contributed by atoms with Crippen LogP contribution in [-0.2, 0) is 14.6 Å². The zero-order valence-electron chi connectivity index (χ0n) is 8.60. The van der Waals surface area contributed by atoms with Crippen LogP contribution >= 0.6 is 0 Å². The van der Waals surface area contributed by atoms with Crippen LogP contribution in [0.5, 0.6) is 0 Å². The van der Waals surface area contributed by atoms with Gasteiger partial charge in [-0.1, -0.05) is 18.2 Å². The number of nitrogens with two attached hydrogens (primary N) is 1. The third-order valence-electron chi connectivity index (χ3n) is 2.21. The molecule has 15 heavy (non-hydrogen) atoms. The van der Waals surface area contributed by atoms with Crippen LogP contribution in [0.2, 0.25) is 0 Å². The van der Waals surface area contributed by atoms with E-state index in [1.807, 2.05) is 0 Å². The van der Waals surface area contributed by atoms with Gasteiger partial charge < -0.3 is 5.73 Å². The van der Waals surface area contributed by atoms with Crippen molar-refractivity contribution in [3.8, 4) is 0 Å². The minimum Gasteiger partial charge on any atom is -0.369 e. The molecule has 0 aliphatic rings. The van der Waals surface area contributed by atoms with E-state index in [1.54, 1.807) is 25.1 Å². The van der Waals surface area contributed by atoms with Crippen molar-refractivity contribution in [1.82, 2.24) is 0 Å². The Labute approximate surface area is 89.0 Å². The number of rotatable bonds is 3. The second-order valence-electron chi connectivity index (χ2n) is 3.43. The predicted molar refractivity (Wildman–Crippen MR) is 57.2 cm³/mol. The lowest BCUT2D eigenvalue weighted by molar-refractivity contribution is -0.119. The molecule has 0 aromatic heterocycles. The highest BCUT2D eigenvalue weighted by Gasteiger charge is 2.20. The van der Waals surface area contributed by atoms with Gasteiger partial charge in [-0.15, -0.1) is 0 Å². The summed E-state index contributed by atoms with van der Waals surface area (Å²) in [5.74, 6) is -1.14. The van der Waals surface area contributed by atoms with Gasteiger partial charge in [0, 0.05) is 6.26 Å². The van der Waals surface area contributed by atoms with Crippen molar-refractivity contribution in [3.05, 3.63) is 29.8 Å². The Morgan fingerprint density at radius 1 is 1.33 bits per heavy atom. The Kier molecular flexibility index (Phi) is 3.14. The molecule has 1 atom stereocenters. The third-order valence-corrected chi connectivity index (χ3v) is 3.38. The van der Waals surface area contributed by atoms with E-state index >= 15 is 0 Å². The van der Waals surface area contributed by atoms with Crippen LogP contribution in [0.25, 0.3) is 0 Å². The van der Waals surface area contributed by atoms with Crippen molar-refractivity contribution in [3.63, 3.8) is 0 Å². The van der Waals surface area contributed by atoms with Gasteiger partial charge in [0.2, 0.25) is 5.91 Å². The maximum absolute atomic E-state index is 11.4. The average molecular weight is 227 g/mol. The number of benzene rings is 1. The van der Waals surface area contributed by atoms with Gasteiger partial charge in [0.25, 0.3) is 0 Å². The number of carbonyl (C=O) groups is 1. The third kappa shape index (κ3) is 2.56. The number of amides is 1. The van der Waals surface area contributed by atoms with Crippen LogP contribution in [0.3, 0.4) is 0 Å².